The van der Waals surface area contributed by atoms with Gasteiger partial charge in [-0.25, -0.2) is 9.97 Å². The van der Waals surface area contributed by atoms with E-state index in [0.717, 1.165) is 36.6 Å². The summed E-state index contributed by atoms with van der Waals surface area (Å²) in [6, 6.07) is 0. The van der Waals surface area contributed by atoms with E-state index in [1.807, 2.05) is 27.0 Å². The molecule has 0 amide bonds. The maximum absolute atomic E-state index is 5.40. The lowest BCUT2D eigenvalue weighted by atomic mass is 10.1. The Kier molecular flexibility index (Phi) is 5.02. The Hall–Kier alpha value is -1.00. The lowest BCUT2D eigenvalue weighted by Gasteiger charge is -2.22. The molecule has 1 aromatic rings. The second kappa shape index (κ2) is 6.07. The maximum Gasteiger partial charge on any atom is 0.159 e. The molecule has 4 heteroatoms. The number of nitrogens with zero attached hydrogens (tertiary/aromatic N) is 2. The molecule has 96 valence electrons. The van der Waals surface area contributed by atoms with Crippen molar-refractivity contribution in [2.24, 2.45) is 0 Å². The van der Waals surface area contributed by atoms with E-state index in [-0.39, 0.29) is 0 Å². The van der Waals surface area contributed by atoms with E-state index in [0.29, 0.717) is 0 Å². The molecule has 1 heterocycles. The van der Waals surface area contributed by atoms with E-state index in [1.54, 1.807) is 7.11 Å². The number of hydrogen-bond donors (Lipinski definition) is 1. The third kappa shape index (κ3) is 3.75. The van der Waals surface area contributed by atoms with Gasteiger partial charge in [0.05, 0.1) is 5.69 Å². The fraction of sp³-hybridized carbons (Fsp3) is 0.692. The van der Waals surface area contributed by atoms with E-state index in [4.69, 9.17) is 4.74 Å². The van der Waals surface area contributed by atoms with Gasteiger partial charge in [-0.2, -0.15) is 0 Å². The largest absolute Gasteiger partial charge is 0.371 e. The molecule has 17 heavy (non-hydrogen) atoms. The van der Waals surface area contributed by atoms with Gasteiger partial charge in [-0.15, -0.1) is 0 Å². The molecule has 4 nitrogen and oxygen atoms in total. The predicted octanol–water partition coefficient (Wildman–Crippen LogP) is 2.17. The zero-order valence-electron chi connectivity index (χ0n) is 11.5. The smallest absolute Gasteiger partial charge is 0.159 e. The van der Waals surface area contributed by atoms with Gasteiger partial charge in [0.15, 0.2) is 5.82 Å². The minimum atomic E-state index is -0.437. The number of ether oxygens (including phenoxy) is 1. The van der Waals surface area contributed by atoms with Crippen LogP contribution < -0.4 is 5.32 Å². The summed E-state index contributed by atoms with van der Waals surface area (Å²) < 4.78 is 5.40. The molecule has 0 aliphatic heterocycles. The number of methoxy groups -OCH3 is 1. The van der Waals surface area contributed by atoms with Crippen LogP contribution in [0.3, 0.4) is 0 Å². The number of nitrogens with one attached hydrogen (secondary N) is 1. The van der Waals surface area contributed by atoms with Gasteiger partial charge in [-0.1, -0.05) is 6.92 Å². The fourth-order valence-corrected chi connectivity index (χ4v) is 1.42. The summed E-state index contributed by atoms with van der Waals surface area (Å²) in [5, 5.41) is 3.36. The van der Waals surface area contributed by atoms with Crippen LogP contribution in [-0.2, 0) is 16.9 Å². The van der Waals surface area contributed by atoms with Crippen LogP contribution in [0.4, 0.5) is 0 Å². The molecule has 0 spiro atoms. The van der Waals surface area contributed by atoms with Crippen molar-refractivity contribution < 1.29 is 4.74 Å². The third-order valence-corrected chi connectivity index (χ3v) is 2.84. The summed E-state index contributed by atoms with van der Waals surface area (Å²) in [6.07, 6.45) is 2.99. The molecule has 0 unspecified atom stereocenters. The average molecular weight is 237 g/mol. The lowest BCUT2D eigenvalue weighted by Crippen LogP contribution is -2.25. The zero-order chi connectivity index (χ0) is 12.9. The average Bonchev–Trinajstić information content (AvgIpc) is 2.31. The van der Waals surface area contributed by atoms with Gasteiger partial charge in [0.2, 0.25) is 0 Å². The standard InChI is InChI=1S/C13H23N3O/c1-6-7-14-9-11-10(2)8-15-12(16-11)13(3,4)17-5/h8,14H,6-7,9H2,1-5H3. The molecule has 1 N–H and O–H groups in total. The Labute approximate surface area is 104 Å². The topological polar surface area (TPSA) is 47.0 Å². The van der Waals surface area contributed by atoms with E-state index >= 15 is 0 Å². The Morgan fingerprint density at radius 2 is 2.12 bits per heavy atom. The van der Waals surface area contributed by atoms with Crippen molar-refractivity contribution in [2.45, 2.75) is 46.3 Å². The first-order valence-electron chi connectivity index (χ1n) is 6.10. The van der Waals surface area contributed by atoms with Crippen LogP contribution in [0, 0.1) is 6.92 Å². The van der Waals surface area contributed by atoms with Crippen molar-refractivity contribution in [3.8, 4) is 0 Å². The van der Waals surface area contributed by atoms with Crippen molar-refractivity contribution in [1.82, 2.24) is 15.3 Å². The van der Waals surface area contributed by atoms with Crippen molar-refractivity contribution in [3.63, 3.8) is 0 Å². The molecular formula is C13H23N3O. The van der Waals surface area contributed by atoms with Crippen molar-refractivity contribution >= 4 is 0 Å². The first-order valence-corrected chi connectivity index (χ1v) is 6.10. The molecule has 0 radical (unpaired) electrons. The Morgan fingerprint density at radius 3 is 2.71 bits per heavy atom. The van der Waals surface area contributed by atoms with Gasteiger partial charge in [-0.3, -0.25) is 0 Å². The number of aryl methyl sites for hydroxylation is 1. The van der Waals surface area contributed by atoms with Gasteiger partial charge in [-0.05, 0) is 39.3 Å². The van der Waals surface area contributed by atoms with E-state index in [1.165, 1.54) is 0 Å². The van der Waals surface area contributed by atoms with Gasteiger partial charge >= 0.3 is 0 Å². The van der Waals surface area contributed by atoms with Gasteiger partial charge in [0, 0.05) is 19.9 Å². The molecule has 1 rings (SSSR count). The SMILES string of the molecule is CCCNCc1nc(C(C)(C)OC)ncc1C. The Morgan fingerprint density at radius 1 is 1.41 bits per heavy atom. The molecule has 0 aromatic carbocycles. The first kappa shape index (κ1) is 14.1. The molecule has 0 saturated heterocycles. The summed E-state index contributed by atoms with van der Waals surface area (Å²) in [6.45, 7) is 9.93. The summed E-state index contributed by atoms with van der Waals surface area (Å²) in [5.41, 5.74) is 1.73. The zero-order valence-corrected chi connectivity index (χ0v) is 11.5. The normalized spacial score (nSPS) is 11.8. The van der Waals surface area contributed by atoms with Gasteiger partial charge in [0.1, 0.15) is 5.60 Å². The molecule has 1 aromatic heterocycles. The minimum Gasteiger partial charge on any atom is -0.371 e. The highest BCUT2D eigenvalue weighted by atomic mass is 16.5. The number of hydrogen-bond acceptors (Lipinski definition) is 4. The fourth-order valence-electron chi connectivity index (χ4n) is 1.42. The quantitative estimate of drug-likeness (QED) is 0.770. The van der Waals surface area contributed by atoms with Crippen molar-refractivity contribution in [3.05, 3.63) is 23.3 Å². The third-order valence-electron chi connectivity index (χ3n) is 2.84. The van der Waals surface area contributed by atoms with Crippen LogP contribution in [0.2, 0.25) is 0 Å². The summed E-state index contributed by atoms with van der Waals surface area (Å²) in [5.74, 6) is 0.735. The first-order chi connectivity index (χ1) is 8.01. The summed E-state index contributed by atoms with van der Waals surface area (Å²) in [4.78, 5) is 8.93. The summed E-state index contributed by atoms with van der Waals surface area (Å²) >= 11 is 0. The number of aromatic nitrogens is 2. The van der Waals surface area contributed by atoms with Crippen LogP contribution in [0.15, 0.2) is 6.20 Å². The van der Waals surface area contributed by atoms with Crippen LogP contribution in [0.5, 0.6) is 0 Å². The van der Waals surface area contributed by atoms with Crippen LogP contribution in [0.1, 0.15) is 44.3 Å². The van der Waals surface area contributed by atoms with Crippen molar-refractivity contribution in [2.75, 3.05) is 13.7 Å². The van der Waals surface area contributed by atoms with Crippen LogP contribution in [0.25, 0.3) is 0 Å². The molecule has 0 bridgehead atoms. The lowest BCUT2D eigenvalue weighted by molar-refractivity contribution is 0.0112. The highest BCUT2D eigenvalue weighted by Gasteiger charge is 2.23. The molecule has 0 atom stereocenters. The second-order valence-corrected chi connectivity index (χ2v) is 4.71. The van der Waals surface area contributed by atoms with Crippen LogP contribution >= 0.6 is 0 Å². The van der Waals surface area contributed by atoms with Crippen LogP contribution in [-0.4, -0.2) is 23.6 Å². The van der Waals surface area contributed by atoms with E-state index in [9.17, 15) is 0 Å². The maximum atomic E-state index is 5.40. The second-order valence-electron chi connectivity index (χ2n) is 4.71. The van der Waals surface area contributed by atoms with E-state index in [2.05, 4.69) is 22.2 Å². The molecule has 0 fully saturated rings. The van der Waals surface area contributed by atoms with E-state index < -0.39 is 5.60 Å². The molecule has 0 saturated carbocycles. The predicted molar refractivity (Wildman–Crippen MR) is 68.8 cm³/mol. The molecule has 0 aliphatic carbocycles. The monoisotopic (exact) mass is 237 g/mol. The minimum absolute atomic E-state index is 0.437. The highest BCUT2D eigenvalue weighted by Crippen LogP contribution is 2.20. The van der Waals surface area contributed by atoms with Gasteiger partial charge < -0.3 is 10.1 Å². The van der Waals surface area contributed by atoms with Crippen molar-refractivity contribution in [1.29, 1.82) is 0 Å². The molecule has 0 aliphatic rings. The highest BCUT2D eigenvalue weighted by molar-refractivity contribution is 5.17. The van der Waals surface area contributed by atoms with Gasteiger partial charge in [0.25, 0.3) is 0 Å². The molecular weight excluding hydrogens is 214 g/mol. The Balaban J connectivity index is 2.86. The number of rotatable bonds is 6. The Bertz CT molecular complexity index is 364. The summed E-state index contributed by atoms with van der Waals surface area (Å²) in [7, 11) is 1.68.